The normalized spacial score (nSPS) is 11.1. The van der Waals surface area contributed by atoms with Crippen molar-refractivity contribution in [2.75, 3.05) is 4.90 Å². The smallest absolute Gasteiger partial charge is 0.269 e. The first-order valence-corrected chi connectivity index (χ1v) is 14.9. The molecule has 0 aliphatic rings. The third-order valence-electron chi connectivity index (χ3n) is 7.57. The zero-order chi connectivity index (χ0) is 31.7. The maximum Gasteiger partial charge on any atom is 0.269 e. The summed E-state index contributed by atoms with van der Waals surface area (Å²) in [7, 11) is 0. The van der Waals surface area contributed by atoms with E-state index in [2.05, 4.69) is 71.6 Å². The number of anilines is 3. The number of hydrogen-bond acceptors (Lipinski definition) is 4. The summed E-state index contributed by atoms with van der Waals surface area (Å²) in [6.45, 7) is 0. The van der Waals surface area contributed by atoms with Crippen LogP contribution < -0.4 is 4.90 Å². The Hall–Kier alpha value is -6.33. The number of nitrogens with zero attached hydrogens (tertiary/aromatic N) is 2. The Bertz CT molecular complexity index is 1980. The molecule has 0 saturated carbocycles. The van der Waals surface area contributed by atoms with Crippen molar-refractivity contribution in [2.24, 2.45) is 0 Å². The SMILES string of the molecule is O=C(c1ccccc1)c1ccc(/C=C/c2ccc(N(c3ccccc3)c3ccc(/C=C/c4ccc([N+](=O)[O-])cc4)cc3)cc2)cc1. The number of nitro groups is 1. The van der Waals surface area contributed by atoms with Crippen LogP contribution >= 0.6 is 0 Å². The zero-order valence-electron chi connectivity index (χ0n) is 24.9. The summed E-state index contributed by atoms with van der Waals surface area (Å²) in [5.41, 5.74) is 8.52. The maximum atomic E-state index is 12.7. The van der Waals surface area contributed by atoms with Crippen molar-refractivity contribution in [2.45, 2.75) is 0 Å². The van der Waals surface area contributed by atoms with E-state index in [-0.39, 0.29) is 11.5 Å². The van der Waals surface area contributed by atoms with Gasteiger partial charge in [-0.25, -0.2) is 0 Å². The Morgan fingerprint density at radius 3 is 1.24 bits per heavy atom. The molecule has 0 heterocycles. The van der Waals surface area contributed by atoms with Crippen LogP contribution in [0, 0.1) is 10.1 Å². The number of carbonyl (C=O) groups is 1. The summed E-state index contributed by atoms with van der Waals surface area (Å²) in [6.07, 6.45) is 8.05. The molecule has 0 bridgehead atoms. The number of carbonyl (C=O) groups excluding carboxylic acids is 1. The molecule has 0 radical (unpaired) electrons. The average Bonchev–Trinajstić information content (AvgIpc) is 3.12. The molecule has 46 heavy (non-hydrogen) atoms. The molecule has 6 aromatic carbocycles. The second kappa shape index (κ2) is 14.0. The average molecular weight is 599 g/mol. The molecule has 0 saturated heterocycles. The summed E-state index contributed by atoms with van der Waals surface area (Å²) in [4.78, 5) is 25.4. The first kappa shape index (κ1) is 29.7. The molecular weight excluding hydrogens is 568 g/mol. The molecular formula is C41H30N2O3. The Balaban J connectivity index is 1.17. The van der Waals surface area contributed by atoms with E-state index in [0.717, 1.165) is 39.3 Å². The molecule has 0 spiro atoms. The van der Waals surface area contributed by atoms with Gasteiger partial charge in [-0.15, -0.1) is 0 Å². The second-order valence-corrected chi connectivity index (χ2v) is 10.7. The van der Waals surface area contributed by atoms with Gasteiger partial charge in [0, 0.05) is 40.3 Å². The van der Waals surface area contributed by atoms with E-state index >= 15 is 0 Å². The highest BCUT2D eigenvalue weighted by molar-refractivity contribution is 6.09. The lowest BCUT2D eigenvalue weighted by molar-refractivity contribution is -0.384. The van der Waals surface area contributed by atoms with Gasteiger partial charge in [0.25, 0.3) is 5.69 Å². The van der Waals surface area contributed by atoms with E-state index in [0.29, 0.717) is 11.1 Å². The molecule has 0 amide bonds. The third-order valence-corrected chi connectivity index (χ3v) is 7.57. The summed E-state index contributed by atoms with van der Waals surface area (Å²) < 4.78 is 0. The highest BCUT2D eigenvalue weighted by Gasteiger charge is 2.12. The van der Waals surface area contributed by atoms with Gasteiger partial charge in [-0.3, -0.25) is 14.9 Å². The monoisotopic (exact) mass is 598 g/mol. The number of nitro benzene ring substituents is 1. The predicted octanol–water partition coefficient (Wildman–Crippen LogP) is 10.6. The van der Waals surface area contributed by atoms with Crippen LogP contribution in [0.3, 0.4) is 0 Å². The Morgan fingerprint density at radius 2 is 0.804 bits per heavy atom. The topological polar surface area (TPSA) is 63.5 Å². The molecule has 0 aliphatic carbocycles. The first-order valence-electron chi connectivity index (χ1n) is 14.9. The van der Waals surface area contributed by atoms with Crippen LogP contribution in [0.2, 0.25) is 0 Å². The second-order valence-electron chi connectivity index (χ2n) is 10.7. The predicted molar refractivity (Wildman–Crippen MR) is 188 cm³/mol. The lowest BCUT2D eigenvalue weighted by Crippen LogP contribution is -2.09. The fourth-order valence-electron chi connectivity index (χ4n) is 5.09. The highest BCUT2D eigenvalue weighted by Crippen LogP contribution is 2.35. The highest BCUT2D eigenvalue weighted by atomic mass is 16.6. The van der Waals surface area contributed by atoms with Gasteiger partial charge in [0.2, 0.25) is 0 Å². The Labute approximate surface area is 268 Å². The lowest BCUT2D eigenvalue weighted by Gasteiger charge is -2.25. The molecule has 6 aromatic rings. The van der Waals surface area contributed by atoms with Crippen LogP contribution in [0.5, 0.6) is 0 Å². The maximum absolute atomic E-state index is 12.7. The molecule has 0 unspecified atom stereocenters. The van der Waals surface area contributed by atoms with Crippen molar-refractivity contribution in [1.82, 2.24) is 0 Å². The summed E-state index contributed by atoms with van der Waals surface area (Å²) in [5, 5.41) is 10.9. The quantitative estimate of drug-likeness (QED) is 0.0681. The minimum absolute atomic E-state index is 0.0167. The van der Waals surface area contributed by atoms with E-state index in [1.807, 2.05) is 91.0 Å². The van der Waals surface area contributed by atoms with Gasteiger partial charge >= 0.3 is 0 Å². The Kier molecular flexibility index (Phi) is 9.03. The zero-order valence-corrected chi connectivity index (χ0v) is 24.9. The molecule has 0 fully saturated rings. The van der Waals surface area contributed by atoms with Crippen LogP contribution in [0.4, 0.5) is 22.7 Å². The van der Waals surface area contributed by atoms with E-state index in [1.165, 1.54) is 12.1 Å². The molecule has 0 aliphatic heterocycles. The summed E-state index contributed by atoms with van der Waals surface area (Å²) in [6, 6.07) is 50.4. The fraction of sp³-hybridized carbons (Fsp3) is 0. The fourth-order valence-corrected chi connectivity index (χ4v) is 5.09. The van der Waals surface area contributed by atoms with Crippen LogP contribution in [0.1, 0.15) is 38.2 Å². The molecule has 5 nitrogen and oxygen atoms in total. The number of para-hydroxylation sites is 1. The van der Waals surface area contributed by atoms with Gasteiger partial charge in [-0.05, 0) is 70.8 Å². The van der Waals surface area contributed by atoms with Crippen molar-refractivity contribution >= 4 is 52.8 Å². The van der Waals surface area contributed by atoms with E-state index in [4.69, 9.17) is 0 Å². The van der Waals surface area contributed by atoms with Gasteiger partial charge in [0.15, 0.2) is 5.78 Å². The molecule has 222 valence electrons. The van der Waals surface area contributed by atoms with Gasteiger partial charge in [0.1, 0.15) is 0 Å². The minimum atomic E-state index is -0.396. The van der Waals surface area contributed by atoms with E-state index in [1.54, 1.807) is 12.1 Å². The largest absolute Gasteiger partial charge is 0.311 e. The standard InChI is InChI=1S/C41H30N2O3/c44-41(35-7-3-1-4-8-35)36-23-15-31(16-24-36)11-12-32-17-25-38(26-18-32)42(37-9-5-2-6-10-37)39-27-19-33(20-28-39)13-14-34-21-29-40(30-22-34)43(45)46/h1-30H/b12-11+,14-13+. The van der Waals surface area contributed by atoms with Crippen LogP contribution in [-0.2, 0) is 0 Å². The number of rotatable bonds is 10. The van der Waals surface area contributed by atoms with Crippen molar-refractivity contribution in [3.8, 4) is 0 Å². The molecule has 6 rings (SSSR count). The number of non-ortho nitro benzene ring substituents is 1. The van der Waals surface area contributed by atoms with Gasteiger partial charge in [-0.1, -0.05) is 121 Å². The van der Waals surface area contributed by atoms with Crippen molar-refractivity contribution in [3.05, 3.63) is 201 Å². The van der Waals surface area contributed by atoms with Crippen molar-refractivity contribution in [3.63, 3.8) is 0 Å². The van der Waals surface area contributed by atoms with Gasteiger partial charge < -0.3 is 4.90 Å². The number of hydrogen-bond donors (Lipinski definition) is 0. The van der Waals surface area contributed by atoms with Crippen molar-refractivity contribution in [1.29, 1.82) is 0 Å². The lowest BCUT2D eigenvalue weighted by atomic mass is 10.0. The number of ketones is 1. The van der Waals surface area contributed by atoms with Gasteiger partial charge in [0.05, 0.1) is 4.92 Å². The van der Waals surface area contributed by atoms with Gasteiger partial charge in [-0.2, -0.15) is 0 Å². The van der Waals surface area contributed by atoms with Crippen LogP contribution in [0.25, 0.3) is 24.3 Å². The molecule has 0 atom stereocenters. The molecule has 0 aromatic heterocycles. The molecule has 5 heteroatoms. The first-order chi connectivity index (χ1) is 22.5. The summed E-state index contributed by atoms with van der Waals surface area (Å²) >= 11 is 0. The number of benzene rings is 6. The van der Waals surface area contributed by atoms with Crippen molar-refractivity contribution < 1.29 is 9.72 Å². The van der Waals surface area contributed by atoms with E-state index < -0.39 is 4.92 Å². The van der Waals surface area contributed by atoms with Crippen LogP contribution in [-0.4, -0.2) is 10.7 Å². The Morgan fingerprint density at radius 1 is 0.457 bits per heavy atom. The summed E-state index contributed by atoms with van der Waals surface area (Å²) in [5.74, 6) is 0.0167. The third kappa shape index (κ3) is 7.24. The van der Waals surface area contributed by atoms with E-state index in [9.17, 15) is 14.9 Å². The van der Waals surface area contributed by atoms with Crippen LogP contribution in [0.15, 0.2) is 158 Å². The molecule has 0 N–H and O–H groups in total. The minimum Gasteiger partial charge on any atom is -0.311 e.